The van der Waals surface area contributed by atoms with E-state index < -0.39 is 14.8 Å². The first-order chi connectivity index (χ1) is 16.2. The molecule has 3 saturated heterocycles. The van der Waals surface area contributed by atoms with E-state index in [9.17, 15) is 0 Å². The predicted molar refractivity (Wildman–Crippen MR) is 131 cm³/mol. The molecule has 0 aromatic heterocycles. The Hall–Kier alpha value is -1.58. The Balaban J connectivity index is 1.40. The summed E-state index contributed by atoms with van der Waals surface area (Å²) < 4.78 is 38.3. The van der Waals surface area contributed by atoms with Gasteiger partial charge >= 0.3 is 0 Å². The van der Waals surface area contributed by atoms with Gasteiger partial charge in [0.25, 0.3) is 6.48 Å². The Labute approximate surface area is 203 Å². The first-order valence-corrected chi connectivity index (χ1v) is 15.1. The van der Waals surface area contributed by atoms with Crippen molar-refractivity contribution in [3.8, 4) is 0 Å². The van der Waals surface area contributed by atoms with Gasteiger partial charge in [-0.25, -0.2) is 0 Å². The van der Waals surface area contributed by atoms with Crippen LogP contribution in [0.2, 0.25) is 18.1 Å². The van der Waals surface area contributed by atoms with Crippen LogP contribution in [0, 0.1) is 0 Å². The van der Waals surface area contributed by atoms with Gasteiger partial charge in [0.2, 0.25) is 0 Å². The zero-order chi connectivity index (χ0) is 23.9. The molecule has 4 fully saturated rings. The third kappa shape index (κ3) is 4.75. The molecular formula is C27H36O6Si. The maximum absolute atomic E-state index is 6.92. The molecule has 3 heterocycles. The van der Waals surface area contributed by atoms with Crippen LogP contribution in [-0.4, -0.2) is 51.4 Å². The van der Waals surface area contributed by atoms with E-state index in [1.807, 2.05) is 36.4 Å². The summed E-state index contributed by atoms with van der Waals surface area (Å²) >= 11 is 0. The summed E-state index contributed by atoms with van der Waals surface area (Å²) in [7, 11) is -2.11. The monoisotopic (exact) mass is 484 g/mol. The van der Waals surface area contributed by atoms with Gasteiger partial charge < -0.3 is 28.1 Å². The van der Waals surface area contributed by atoms with Crippen LogP contribution in [-0.2, 0) is 41.3 Å². The van der Waals surface area contributed by atoms with E-state index in [0.717, 1.165) is 11.1 Å². The fourth-order valence-corrected chi connectivity index (χ4v) is 5.93. The maximum Gasteiger partial charge on any atom is 0.272 e. The lowest BCUT2D eigenvalue weighted by atomic mass is 9.82. The Morgan fingerprint density at radius 1 is 0.676 bits per heavy atom. The number of rotatable bonds is 8. The first-order valence-electron chi connectivity index (χ1n) is 12.2. The van der Waals surface area contributed by atoms with Gasteiger partial charge in [-0.1, -0.05) is 81.4 Å². The Morgan fingerprint density at radius 3 is 1.50 bits per heavy atom. The minimum atomic E-state index is -2.11. The van der Waals surface area contributed by atoms with Gasteiger partial charge in [-0.2, -0.15) is 0 Å². The van der Waals surface area contributed by atoms with Crippen LogP contribution in [0.15, 0.2) is 60.7 Å². The van der Waals surface area contributed by atoms with E-state index in [1.54, 1.807) is 0 Å². The molecule has 3 aliphatic heterocycles. The number of hydrogen-bond donors (Lipinski definition) is 0. The normalized spacial score (nSPS) is 32.8. The van der Waals surface area contributed by atoms with Crippen LogP contribution in [0.5, 0.6) is 0 Å². The highest BCUT2D eigenvalue weighted by atomic mass is 28.4. The molecule has 34 heavy (non-hydrogen) atoms. The molecule has 0 N–H and O–H groups in total. The number of benzene rings is 2. The highest BCUT2D eigenvalue weighted by Crippen LogP contribution is 2.47. The Kier molecular flexibility index (Phi) is 6.72. The second-order valence-corrected chi connectivity index (χ2v) is 15.7. The third-order valence-corrected chi connectivity index (χ3v) is 12.0. The molecule has 7 heteroatoms. The smallest absolute Gasteiger partial charge is 0.272 e. The van der Waals surface area contributed by atoms with Crippen molar-refractivity contribution in [2.45, 2.75) is 95.2 Å². The van der Waals surface area contributed by atoms with Crippen molar-refractivity contribution in [3.63, 3.8) is 0 Å². The van der Waals surface area contributed by atoms with Crippen LogP contribution in [0.1, 0.15) is 31.9 Å². The van der Waals surface area contributed by atoms with Gasteiger partial charge in [0.05, 0.1) is 13.2 Å². The lowest BCUT2D eigenvalue weighted by Gasteiger charge is -2.60. The van der Waals surface area contributed by atoms with Crippen molar-refractivity contribution in [2.75, 3.05) is 0 Å². The zero-order valence-electron chi connectivity index (χ0n) is 20.7. The van der Waals surface area contributed by atoms with E-state index >= 15 is 0 Å². The topological polar surface area (TPSA) is 55.4 Å². The van der Waals surface area contributed by atoms with Gasteiger partial charge in [0, 0.05) is 0 Å². The second-order valence-electron chi connectivity index (χ2n) is 11.0. The molecule has 6 nitrogen and oxygen atoms in total. The average molecular weight is 485 g/mol. The molecule has 3 unspecified atom stereocenters. The summed E-state index contributed by atoms with van der Waals surface area (Å²) in [5.41, 5.74) is 2.22. The van der Waals surface area contributed by atoms with Gasteiger partial charge in [-0.05, 0) is 29.3 Å². The van der Waals surface area contributed by atoms with E-state index in [-0.39, 0.29) is 41.7 Å². The minimum absolute atomic E-state index is 0.0545. The summed E-state index contributed by atoms with van der Waals surface area (Å²) in [6, 6.07) is 20.3. The SMILES string of the molecule is CC(C)(C)[Si](C)(C)OC1[C@H]2OC3OC([C@H]2OCc2ccccc2)[C@@H](OCc2ccccc2)[C@H]1O3. The van der Waals surface area contributed by atoms with Crippen LogP contribution in [0.25, 0.3) is 0 Å². The van der Waals surface area contributed by atoms with Crippen LogP contribution < -0.4 is 0 Å². The molecule has 0 spiro atoms. The summed E-state index contributed by atoms with van der Waals surface area (Å²) in [6.45, 7) is 11.5. The van der Waals surface area contributed by atoms with Gasteiger partial charge in [0.15, 0.2) is 8.32 Å². The summed E-state index contributed by atoms with van der Waals surface area (Å²) in [6.07, 6.45) is -1.72. The quantitative estimate of drug-likeness (QED) is 0.490. The predicted octanol–water partition coefficient (Wildman–Crippen LogP) is 5.03. The van der Waals surface area contributed by atoms with E-state index in [0.29, 0.717) is 13.2 Å². The van der Waals surface area contributed by atoms with E-state index in [2.05, 4.69) is 58.1 Å². The molecule has 1 aliphatic carbocycles. The van der Waals surface area contributed by atoms with Gasteiger partial charge in [-0.3, -0.25) is 0 Å². The van der Waals surface area contributed by atoms with Crippen LogP contribution >= 0.6 is 0 Å². The molecule has 4 bridgehead atoms. The fourth-order valence-electron chi connectivity index (χ4n) is 4.63. The minimum Gasteiger partial charge on any atom is -0.408 e. The second kappa shape index (κ2) is 9.46. The molecule has 0 radical (unpaired) electrons. The third-order valence-electron chi connectivity index (χ3n) is 7.55. The molecule has 2 aromatic rings. The van der Waals surface area contributed by atoms with Gasteiger partial charge in [-0.15, -0.1) is 0 Å². The molecule has 184 valence electrons. The van der Waals surface area contributed by atoms with Crippen molar-refractivity contribution in [2.24, 2.45) is 0 Å². The van der Waals surface area contributed by atoms with Crippen LogP contribution in [0.4, 0.5) is 0 Å². The standard InChI is InChI=1S/C27H36O6Si/c1-27(2,3)34(4,5)33-25-23-20(28-16-18-12-8-6-9-13-18)22-21(24(25)32-26(30-22)31-23)29-17-19-14-10-7-11-15-19/h6-15,20-26H,16-17H2,1-5H3/t20-,21-,22?,23-,24+,25?,26?/m1/s1. The van der Waals surface area contributed by atoms with E-state index in [1.165, 1.54) is 0 Å². The fraction of sp³-hybridized carbons (Fsp3) is 0.556. The molecule has 7 atom stereocenters. The molecule has 2 aromatic carbocycles. The van der Waals surface area contributed by atoms with Gasteiger partial charge in [0.1, 0.15) is 36.6 Å². The number of ether oxygens (including phenoxy) is 5. The number of hydrogen-bond acceptors (Lipinski definition) is 6. The molecule has 1 saturated carbocycles. The van der Waals surface area contributed by atoms with Crippen LogP contribution in [0.3, 0.4) is 0 Å². The summed E-state index contributed by atoms with van der Waals surface area (Å²) in [4.78, 5) is 0. The molecule has 4 aliphatic rings. The summed E-state index contributed by atoms with van der Waals surface area (Å²) in [5.74, 6) is 0. The van der Waals surface area contributed by atoms with Crippen molar-refractivity contribution in [1.29, 1.82) is 0 Å². The lowest BCUT2D eigenvalue weighted by molar-refractivity contribution is -0.485. The molecule has 6 rings (SSSR count). The highest BCUT2D eigenvalue weighted by molar-refractivity contribution is 6.74. The highest BCUT2D eigenvalue weighted by Gasteiger charge is 2.64. The maximum atomic E-state index is 6.92. The van der Waals surface area contributed by atoms with Crippen molar-refractivity contribution < 1.29 is 28.1 Å². The molecular weight excluding hydrogens is 448 g/mol. The van der Waals surface area contributed by atoms with Crippen molar-refractivity contribution in [1.82, 2.24) is 0 Å². The zero-order valence-corrected chi connectivity index (χ0v) is 21.7. The molecule has 0 amide bonds. The van der Waals surface area contributed by atoms with Crippen molar-refractivity contribution >= 4 is 8.32 Å². The van der Waals surface area contributed by atoms with Crippen molar-refractivity contribution in [3.05, 3.63) is 71.8 Å². The Morgan fingerprint density at radius 2 is 1.09 bits per heavy atom. The average Bonchev–Trinajstić information content (AvgIpc) is 2.81. The first kappa shape index (κ1) is 24.1. The largest absolute Gasteiger partial charge is 0.408 e. The van der Waals surface area contributed by atoms with E-state index in [4.69, 9.17) is 28.1 Å². The summed E-state index contributed by atoms with van der Waals surface area (Å²) in [5, 5.41) is 0.0545. The Bertz CT molecular complexity index is 885. The lowest BCUT2D eigenvalue weighted by Crippen LogP contribution is -2.77.